The standard InChI is InChI=1S/C19H22FN7O6S2/c1-27(2)6-5-10(33-27)4-3-9-7-34-17-12(16(29)26(17)13(9)18(30)31)22-15(28)11(24-32-8-20)14-23-19(21)35-25-14/h3-4,10,12,17H,5-8H2,1-2H3,(H3-,21,22,23,25,28,30,31)/p+1/b4-3+,24-11-/t10-,12+,17+/m0/s1. The van der Waals surface area contributed by atoms with E-state index in [4.69, 9.17) is 10.6 Å². The SMILES string of the molecule is C[N+]1(C)CC[C@H](/C=C/C2=C(C(=O)O)N3C(=O)[C@@H](NC(=O)/C(=N\OCF)c4nsc(N)n4)[C@H]3SC2)O1. The first-order valence-electron chi connectivity index (χ1n) is 10.4. The summed E-state index contributed by atoms with van der Waals surface area (Å²) in [7, 11) is 3.87. The van der Waals surface area contributed by atoms with Crippen LogP contribution in [0.4, 0.5) is 9.52 Å². The summed E-state index contributed by atoms with van der Waals surface area (Å²) in [5.41, 5.74) is 5.40. The molecular formula is C19H23FN7O6S2+. The number of aromatic nitrogens is 2. The van der Waals surface area contributed by atoms with E-state index in [1.165, 1.54) is 11.8 Å². The number of allylic oxidation sites excluding steroid dienone is 1. The van der Waals surface area contributed by atoms with Crippen LogP contribution >= 0.6 is 23.3 Å². The number of carboxylic acid groups (broad SMARTS) is 1. The Morgan fingerprint density at radius 2 is 2.26 bits per heavy atom. The van der Waals surface area contributed by atoms with Crippen LogP contribution in [0.3, 0.4) is 0 Å². The molecule has 0 bridgehead atoms. The van der Waals surface area contributed by atoms with Crippen molar-refractivity contribution in [3.05, 3.63) is 29.2 Å². The van der Waals surface area contributed by atoms with Gasteiger partial charge in [0, 0.05) is 23.7 Å². The molecule has 35 heavy (non-hydrogen) atoms. The van der Waals surface area contributed by atoms with Crippen molar-refractivity contribution in [1.82, 2.24) is 19.6 Å². The molecule has 2 amide bonds. The molecule has 3 atom stereocenters. The van der Waals surface area contributed by atoms with E-state index < -0.39 is 41.8 Å². The van der Waals surface area contributed by atoms with E-state index in [0.717, 1.165) is 29.4 Å². The van der Waals surface area contributed by atoms with Gasteiger partial charge in [0.2, 0.25) is 11.5 Å². The van der Waals surface area contributed by atoms with Crippen LogP contribution in [-0.4, -0.2) is 98.3 Å². The molecule has 1 aromatic heterocycles. The van der Waals surface area contributed by atoms with Gasteiger partial charge in [-0.2, -0.15) is 18.8 Å². The zero-order chi connectivity index (χ0) is 25.3. The first kappa shape index (κ1) is 25.0. The highest BCUT2D eigenvalue weighted by Crippen LogP contribution is 2.40. The minimum atomic E-state index is -1.30. The van der Waals surface area contributed by atoms with Crippen molar-refractivity contribution in [3.63, 3.8) is 0 Å². The molecule has 0 spiro atoms. The van der Waals surface area contributed by atoms with Crippen LogP contribution in [-0.2, 0) is 24.1 Å². The number of nitrogen functional groups attached to an aromatic ring is 1. The molecule has 0 aliphatic carbocycles. The van der Waals surface area contributed by atoms with Gasteiger partial charge in [0.1, 0.15) is 29.8 Å². The Morgan fingerprint density at radius 3 is 2.86 bits per heavy atom. The number of alkyl halides is 1. The van der Waals surface area contributed by atoms with Crippen LogP contribution in [0, 0.1) is 0 Å². The number of anilines is 1. The number of oxime groups is 1. The first-order chi connectivity index (χ1) is 16.6. The van der Waals surface area contributed by atoms with Gasteiger partial charge >= 0.3 is 5.97 Å². The largest absolute Gasteiger partial charge is 0.477 e. The molecule has 188 valence electrons. The van der Waals surface area contributed by atoms with Crippen LogP contribution in [0.1, 0.15) is 12.2 Å². The summed E-state index contributed by atoms with van der Waals surface area (Å²) in [6.07, 6.45) is 4.11. The van der Waals surface area contributed by atoms with Gasteiger partial charge in [-0.1, -0.05) is 11.2 Å². The highest BCUT2D eigenvalue weighted by molar-refractivity contribution is 8.00. The number of thioether (sulfide) groups is 1. The zero-order valence-corrected chi connectivity index (χ0v) is 20.3. The minimum Gasteiger partial charge on any atom is -0.477 e. The lowest BCUT2D eigenvalue weighted by Gasteiger charge is -2.49. The molecule has 2 fully saturated rings. The van der Waals surface area contributed by atoms with Gasteiger partial charge < -0.3 is 21.0 Å². The molecule has 3 aliphatic rings. The number of carbonyl (C=O) groups excluding carboxylic acids is 2. The van der Waals surface area contributed by atoms with Crippen molar-refractivity contribution >= 4 is 51.9 Å². The summed E-state index contributed by atoms with van der Waals surface area (Å²) in [6.45, 7) is -0.468. The normalized spacial score (nSPS) is 26.0. The fraction of sp³-hybridized carbons (Fsp3) is 0.474. The maximum absolute atomic E-state index is 12.9. The second-order valence-electron chi connectivity index (χ2n) is 8.26. The fourth-order valence-electron chi connectivity index (χ4n) is 3.85. The number of nitrogens with two attached hydrogens (primary N) is 1. The molecule has 0 unspecified atom stereocenters. The molecule has 13 nitrogen and oxygen atoms in total. The molecule has 4 heterocycles. The molecule has 0 radical (unpaired) electrons. The smallest absolute Gasteiger partial charge is 0.352 e. The second-order valence-corrected chi connectivity index (χ2v) is 10.2. The average Bonchev–Trinajstić information content (AvgIpc) is 3.39. The first-order valence-corrected chi connectivity index (χ1v) is 12.2. The summed E-state index contributed by atoms with van der Waals surface area (Å²) in [6, 6.07) is -1.03. The van der Waals surface area contributed by atoms with Crippen LogP contribution in [0.25, 0.3) is 0 Å². The number of quaternary nitrogens is 1. The predicted molar refractivity (Wildman–Crippen MR) is 123 cm³/mol. The topological polar surface area (TPSA) is 169 Å². The van der Waals surface area contributed by atoms with Crippen LogP contribution < -0.4 is 11.1 Å². The predicted octanol–water partition coefficient (Wildman–Crippen LogP) is -0.157. The number of fused-ring (bicyclic) bond motifs is 1. The number of aliphatic carboxylic acids is 1. The summed E-state index contributed by atoms with van der Waals surface area (Å²) >= 11 is 2.10. The molecule has 3 aliphatic heterocycles. The molecule has 2 saturated heterocycles. The number of halogens is 1. The van der Waals surface area contributed by atoms with E-state index in [9.17, 15) is 23.9 Å². The average molecular weight is 529 g/mol. The van der Waals surface area contributed by atoms with Gasteiger partial charge in [-0.25, -0.2) is 9.18 Å². The van der Waals surface area contributed by atoms with Gasteiger partial charge in [-0.15, -0.1) is 11.8 Å². The van der Waals surface area contributed by atoms with Crippen LogP contribution in [0.2, 0.25) is 0 Å². The van der Waals surface area contributed by atoms with Gasteiger partial charge in [-0.3, -0.25) is 14.5 Å². The maximum atomic E-state index is 12.9. The Labute approximate surface area is 207 Å². The van der Waals surface area contributed by atoms with Crippen molar-refractivity contribution in [2.24, 2.45) is 5.16 Å². The third kappa shape index (κ3) is 5.14. The highest BCUT2D eigenvalue weighted by atomic mass is 32.2. The Hall–Kier alpha value is -3.08. The van der Waals surface area contributed by atoms with Gasteiger partial charge in [0.15, 0.2) is 5.13 Å². The van der Waals surface area contributed by atoms with Crippen molar-refractivity contribution < 1.29 is 38.2 Å². The van der Waals surface area contributed by atoms with Crippen LogP contribution in [0.5, 0.6) is 0 Å². The Bertz CT molecular complexity index is 1140. The Morgan fingerprint density at radius 1 is 1.49 bits per heavy atom. The van der Waals surface area contributed by atoms with Crippen molar-refractivity contribution in [2.45, 2.75) is 23.9 Å². The van der Waals surface area contributed by atoms with Gasteiger partial charge in [0.05, 0.1) is 14.1 Å². The monoisotopic (exact) mass is 528 g/mol. The van der Waals surface area contributed by atoms with E-state index in [1.54, 1.807) is 12.2 Å². The summed E-state index contributed by atoms with van der Waals surface area (Å²) in [4.78, 5) is 52.8. The van der Waals surface area contributed by atoms with E-state index in [-0.39, 0.29) is 22.8 Å². The number of hydrogen-bond acceptors (Lipinski definition) is 11. The molecular weight excluding hydrogens is 505 g/mol. The van der Waals surface area contributed by atoms with Crippen molar-refractivity contribution in [1.29, 1.82) is 0 Å². The summed E-state index contributed by atoms with van der Waals surface area (Å²) in [5.74, 6) is -2.63. The van der Waals surface area contributed by atoms with Gasteiger partial charge in [0.25, 0.3) is 18.7 Å². The number of amides is 2. The lowest BCUT2D eigenvalue weighted by Crippen LogP contribution is -2.71. The number of rotatable bonds is 8. The quantitative estimate of drug-likeness (QED) is 0.178. The molecule has 0 aromatic carbocycles. The fourth-order valence-corrected chi connectivity index (χ4v) is 5.60. The molecule has 0 saturated carbocycles. The third-order valence-corrected chi connectivity index (χ3v) is 7.29. The summed E-state index contributed by atoms with van der Waals surface area (Å²) in [5, 5.41) is 15.1. The molecule has 4 N–H and O–H groups in total. The molecule has 16 heteroatoms. The lowest BCUT2D eigenvalue weighted by molar-refractivity contribution is -1.06. The zero-order valence-electron chi connectivity index (χ0n) is 18.7. The van der Waals surface area contributed by atoms with E-state index in [2.05, 4.69) is 24.7 Å². The lowest BCUT2D eigenvalue weighted by atomic mass is 10.0. The Kier molecular flexibility index (Phi) is 7.07. The number of nitrogens with one attached hydrogen (secondary N) is 1. The number of carbonyl (C=O) groups is 3. The minimum absolute atomic E-state index is 0.0526. The van der Waals surface area contributed by atoms with Crippen molar-refractivity contribution in [2.75, 3.05) is 39.0 Å². The van der Waals surface area contributed by atoms with E-state index in [1.807, 2.05) is 14.1 Å². The van der Waals surface area contributed by atoms with Gasteiger partial charge in [-0.05, 0) is 11.6 Å². The van der Waals surface area contributed by atoms with E-state index in [0.29, 0.717) is 16.0 Å². The molecule has 4 rings (SSSR count). The van der Waals surface area contributed by atoms with Crippen LogP contribution in [0.15, 0.2) is 28.6 Å². The maximum Gasteiger partial charge on any atom is 0.352 e. The number of β-lactam (4-membered cyclic amide) rings is 1. The summed E-state index contributed by atoms with van der Waals surface area (Å²) < 4.78 is 16.7. The number of hydrogen-bond donors (Lipinski definition) is 3. The number of carboxylic acids is 1. The number of hydroxylamine groups is 3. The van der Waals surface area contributed by atoms with Crippen molar-refractivity contribution in [3.8, 4) is 0 Å². The Balaban J connectivity index is 1.49. The highest BCUT2D eigenvalue weighted by Gasteiger charge is 2.54. The molecule has 1 aromatic rings. The third-order valence-electron chi connectivity index (χ3n) is 5.45. The van der Waals surface area contributed by atoms with E-state index >= 15 is 0 Å². The second kappa shape index (κ2) is 9.88. The number of nitrogens with zero attached hydrogens (tertiary/aromatic N) is 5.